The number of fused-ring (bicyclic) bond motifs is 1. The lowest BCUT2D eigenvalue weighted by molar-refractivity contribution is -0.147. The van der Waals surface area contributed by atoms with Gasteiger partial charge in [-0.25, -0.2) is 17.8 Å². The summed E-state index contributed by atoms with van der Waals surface area (Å²) in [5.41, 5.74) is 2.29. The van der Waals surface area contributed by atoms with Crippen LogP contribution in [0.3, 0.4) is 0 Å². The summed E-state index contributed by atoms with van der Waals surface area (Å²) in [5.74, 6) is -0.0637. The molecule has 1 atom stereocenters. The van der Waals surface area contributed by atoms with Crippen LogP contribution in [0.5, 0.6) is 0 Å². The zero-order valence-electron chi connectivity index (χ0n) is 19.9. The molecule has 4 aromatic rings. The third kappa shape index (κ3) is 4.92. The monoisotopic (exact) mass is 531 g/mol. The molecular formula is C25H21F4N5O2S. The van der Waals surface area contributed by atoms with Crippen LogP contribution >= 0.6 is 0 Å². The lowest BCUT2D eigenvalue weighted by Gasteiger charge is -2.17. The molecule has 37 heavy (non-hydrogen) atoms. The Balaban J connectivity index is 1.92. The van der Waals surface area contributed by atoms with Gasteiger partial charge in [-0.2, -0.15) is 23.2 Å². The van der Waals surface area contributed by atoms with Gasteiger partial charge in [0.2, 0.25) is 10.0 Å². The Bertz CT molecular complexity index is 1620. The van der Waals surface area contributed by atoms with Gasteiger partial charge in [0.1, 0.15) is 28.6 Å². The van der Waals surface area contributed by atoms with E-state index >= 15 is 0 Å². The van der Waals surface area contributed by atoms with E-state index in [4.69, 9.17) is 0 Å². The summed E-state index contributed by atoms with van der Waals surface area (Å²) in [5, 5.41) is 10.3. The maximum Gasteiger partial charge on any atom is 0.404 e. The van der Waals surface area contributed by atoms with Gasteiger partial charge in [0.15, 0.2) is 0 Å². The van der Waals surface area contributed by atoms with E-state index in [1.54, 1.807) is 34.5 Å². The average Bonchev–Trinajstić information content (AvgIpc) is 3.16. The molecule has 7 nitrogen and oxygen atoms in total. The fraction of sp³-hybridized carbons (Fsp3) is 0.240. The molecule has 3 heterocycles. The van der Waals surface area contributed by atoms with Crippen LogP contribution < -0.4 is 4.72 Å². The minimum absolute atomic E-state index is 0.0888. The first-order valence-corrected chi connectivity index (χ1v) is 12.6. The molecule has 4 rings (SSSR count). The van der Waals surface area contributed by atoms with Crippen LogP contribution in [-0.2, 0) is 16.4 Å². The van der Waals surface area contributed by atoms with E-state index in [2.05, 4.69) is 16.0 Å². The molecule has 0 fully saturated rings. The molecule has 0 aliphatic carbocycles. The van der Waals surface area contributed by atoms with Crippen LogP contribution in [0.15, 0.2) is 53.7 Å². The summed E-state index contributed by atoms with van der Waals surface area (Å²) in [6.07, 6.45) is -1.83. The van der Waals surface area contributed by atoms with Crippen molar-refractivity contribution in [2.45, 2.75) is 44.3 Å². The largest absolute Gasteiger partial charge is 0.404 e. The third-order valence-corrected chi connectivity index (χ3v) is 7.39. The Kier molecular flexibility index (Phi) is 6.79. The van der Waals surface area contributed by atoms with Crippen LogP contribution in [0.2, 0.25) is 0 Å². The predicted molar refractivity (Wildman–Crippen MR) is 129 cm³/mol. The molecule has 0 radical (unpaired) electrons. The van der Waals surface area contributed by atoms with Crippen LogP contribution in [-0.4, -0.2) is 35.2 Å². The number of sulfonamides is 1. The fourth-order valence-electron chi connectivity index (χ4n) is 3.85. The van der Waals surface area contributed by atoms with Gasteiger partial charge >= 0.3 is 6.18 Å². The van der Waals surface area contributed by atoms with E-state index < -0.39 is 33.0 Å². The lowest BCUT2D eigenvalue weighted by atomic mass is 10.1. The summed E-state index contributed by atoms with van der Waals surface area (Å²) in [6, 6.07) is 8.57. The lowest BCUT2D eigenvalue weighted by Crippen LogP contribution is -2.42. The molecule has 0 spiro atoms. The van der Waals surface area contributed by atoms with E-state index in [1.807, 2.05) is 13.0 Å². The highest BCUT2D eigenvalue weighted by molar-refractivity contribution is 7.89. The number of pyridine rings is 2. The Hall–Kier alpha value is -3.82. The Morgan fingerprint density at radius 2 is 1.86 bits per heavy atom. The molecule has 192 valence electrons. The molecule has 0 aliphatic heterocycles. The van der Waals surface area contributed by atoms with Crippen molar-refractivity contribution < 1.29 is 26.0 Å². The third-order valence-electron chi connectivity index (χ3n) is 5.87. The van der Waals surface area contributed by atoms with Crippen molar-refractivity contribution in [2.75, 3.05) is 0 Å². The number of nitrogens with one attached hydrogen (secondary N) is 1. The van der Waals surface area contributed by atoms with Gasteiger partial charge in [-0.1, -0.05) is 13.0 Å². The predicted octanol–water partition coefficient (Wildman–Crippen LogP) is 5.20. The minimum atomic E-state index is -4.77. The summed E-state index contributed by atoms with van der Waals surface area (Å²) >= 11 is 0. The molecule has 0 saturated heterocycles. The van der Waals surface area contributed by atoms with Crippen LogP contribution in [0.4, 0.5) is 17.6 Å². The minimum Gasteiger partial charge on any atom is -0.291 e. The van der Waals surface area contributed by atoms with E-state index in [-0.39, 0.29) is 17.0 Å². The van der Waals surface area contributed by atoms with Crippen molar-refractivity contribution in [2.24, 2.45) is 0 Å². The van der Waals surface area contributed by atoms with Crippen LogP contribution in [0.25, 0.3) is 28.1 Å². The van der Waals surface area contributed by atoms with E-state index in [9.17, 15) is 31.2 Å². The number of nitriles is 1. The van der Waals surface area contributed by atoms with Crippen molar-refractivity contribution in [1.29, 1.82) is 5.26 Å². The van der Waals surface area contributed by atoms with Crippen molar-refractivity contribution >= 4 is 20.9 Å². The summed E-state index contributed by atoms with van der Waals surface area (Å²) in [6.45, 7) is 4.34. The highest BCUT2D eigenvalue weighted by Crippen LogP contribution is 2.36. The van der Waals surface area contributed by atoms with Gasteiger partial charge in [-0.05, 0) is 61.7 Å². The zero-order valence-corrected chi connectivity index (χ0v) is 20.7. The van der Waals surface area contributed by atoms with Crippen molar-refractivity contribution in [1.82, 2.24) is 19.3 Å². The highest BCUT2D eigenvalue weighted by Gasteiger charge is 2.39. The van der Waals surface area contributed by atoms with Crippen molar-refractivity contribution in [3.63, 3.8) is 0 Å². The second-order valence-electron chi connectivity index (χ2n) is 8.44. The second kappa shape index (κ2) is 9.57. The van der Waals surface area contributed by atoms with E-state index in [0.29, 0.717) is 35.6 Å². The second-order valence-corrected chi connectivity index (χ2v) is 10.2. The molecular weight excluding hydrogens is 510 g/mol. The number of aromatic nitrogens is 3. The summed E-state index contributed by atoms with van der Waals surface area (Å²) in [7, 11) is -4.53. The number of hydrogen-bond acceptors (Lipinski definition) is 5. The number of rotatable bonds is 6. The summed E-state index contributed by atoms with van der Waals surface area (Å²) in [4.78, 5) is 8.12. The highest BCUT2D eigenvalue weighted by atomic mass is 32.2. The molecule has 12 heteroatoms. The van der Waals surface area contributed by atoms with E-state index in [1.165, 1.54) is 12.1 Å². The molecule has 0 bridgehead atoms. The van der Waals surface area contributed by atoms with Gasteiger partial charge in [0.05, 0.1) is 22.5 Å². The topological polar surface area (TPSA) is 101 Å². The normalized spacial score (nSPS) is 13.0. The SMILES string of the molecule is CCc1cc2c(cc1F)c(C#N)c(-c1ccc(S(=O)(=O)N[C@@H](C)C(F)(F)F)cn1)n2-c1ccc(C)cn1. The Morgan fingerprint density at radius 3 is 2.41 bits per heavy atom. The first-order valence-electron chi connectivity index (χ1n) is 11.1. The number of nitrogens with zero attached hydrogens (tertiary/aromatic N) is 4. The summed E-state index contributed by atoms with van der Waals surface area (Å²) < 4.78 is 81.5. The molecule has 0 unspecified atom stereocenters. The number of aryl methyl sites for hydroxylation is 2. The number of hydrogen-bond donors (Lipinski definition) is 1. The molecule has 0 amide bonds. The first kappa shape index (κ1) is 26.2. The van der Waals surface area contributed by atoms with Gasteiger partial charge in [0.25, 0.3) is 0 Å². The van der Waals surface area contributed by atoms with Crippen molar-refractivity contribution in [3.8, 4) is 23.3 Å². The Labute approximate surface area is 210 Å². The molecule has 0 aliphatic rings. The Morgan fingerprint density at radius 1 is 1.14 bits per heavy atom. The smallest absolute Gasteiger partial charge is 0.291 e. The molecule has 1 N–H and O–H groups in total. The number of halogens is 4. The molecule has 0 saturated carbocycles. The number of benzene rings is 1. The zero-order chi connectivity index (χ0) is 27.1. The van der Waals surface area contributed by atoms with Gasteiger partial charge in [0, 0.05) is 17.8 Å². The molecule has 3 aromatic heterocycles. The average molecular weight is 532 g/mol. The van der Waals surface area contributed by atoms with Crippen LogP contribution in [0, 0.1) is 24.1 Å². The standard InChI is InChI=1S/C25H21F4N5O2S/c1-4-16-9-22-18(10-20(16)26)19(11-30)24(34(22)23-8-5-14(2)12-32-23)21-7-6-17(13-31-21)37(35,36)33-15(3)25(27,28)29/h5-10,12-13,15,33H,4H2,1-3H3/t15-/m0/s1. The maximum absolute atomic E-state index is 14.7. The molecule has 1 aromatic carbocycles. The van der Waals surface area contributed by atoms with Gasteiger partial charge in [-0.3, -0.25) is 9.55 Å². The number of alkyl halides is 3. The quantitative estimate of drug-likeness (QED) is 0.345. The van der Waals surface area contributed by atoms with Gasteiger partial charge < -0.3 is 0 Å². The van der Waals surface area contributed by atoms with Gasteiger partial charge in [-0.15, -0.1) is 0 Å². The van der Waals surface area contributed by atoms with Crippen molar-refractivity contribution in [3.05, 3.63) is 71.3 Å². The fourth-order valence-corrected chi connectivity index (χ4v) is 5.03. The van der Waals surface area contributed by atoms with E-state index in [0.717, 1.165) is 17.8 Å². The maximum atomic E-state index is 14.7. The van der Waals surface area contributed by atoms with Crippen LogP contribution in [0.1, 0.15) is 30.5 Å². The first-order chi connectivity index (χ1) is 17.4.